The first-order chi connectivity index (χ1) is 8.21. The minimum absolute atomic E-state index is 0.756. The van der Waals surface area contributed by atoms with E-state index in [0.717, 1.165) is 47.9 Å². The highest BCUT2D eigenvalue weighted by molar-refractivity contribution is 8.02. The maximum atomic E-state index is 5.79. The van der Waals surface area contributed by atoms with Crippen molar-refractivity contribution in [3.63, 3.8) is 0 Å². The van der Waals surface area contributed by atoms with Crippen LogP contribution in [0.5, 0.6) is 0 Å². The molecule has 0 amide bonds. The molecule has 0 aromatic heterocycles. The van der Waals surface area contributed by atoms with Gasteiger partial charge in [-0.2, -0.15) is 23.5 Å². The van der Waals surface area contributed by atoms with Crippen LogP contribution in [0.2, 0.25) is 12.1 Å². The number of rotatable bonds is 11. The molecule has 0 unspecified atom stereocenters. The quantitative estimate of drug-likeness (QED) is 0.201. The average Bonchev–Trinajstić information content (AvgIpc) is 2.17. The summed E-state index contributed by atoms with van der Waals surface area (Å²) >= 11 is 38.6. The Bertz CT molecular complexity index is 187. The van der Waals surface area contributed by atoms with Gasteiger partial charge >= 0.3 is 12.0 Å². The van der Waals surface area contributed by atoms with Gasteiger partial charge in [0.1, 0.15) is 0 Å². The first-order valence-corrected chi connectivity index (χ1v) is 18.3. The Morgan fingerprint density at radius 3 is 1.17 bits per heavy atom. The first kappa shape index (κ1) is 20.9. The van der Waals surface area contributed by atoms with Gasteiger partial charge in [-0.1, -0.05) is 0 Å². The Hall–Kier alpha value is 2.87. The average molecular weight is 445 g/mol. The summed E-state index contributed by atoms with van der Waals surface area (Å²) in [6, 6.07) is -3.28. The highest BCUT2D eigenvalue weighted by Gasteiger charge is 2.24. The van der Waals surface area contributed by atoms with Gasteiger partial charge in [0.2, 0.25) is 0 Å². The number of hydrogen-bond donors (Lipinski definition) is 0. The van der Waals surface area contributed by atoms with Crippen LogP contribution in [-0.4, -0.2) is 35.0 Å². The van der Waals surface area contributed by atoms with Crippen LogP contribution in [0.3, 0.4) is 0 Å². The molecule has 0 aliphatic heterocycles. The zero-order valence-electron chi connectivity index (χ0n) is 9.74. The SMILES string of the molecule is Cl[Si](Cl)(Cl)CCCSCCSCCC[Si](Cl)(Cl)Cl. The molecule has 18 heavy (non-hydrogen) atoms. The van der Waals surface area contributed by atoms with Crippen molar-refractivity contribution >= 4 is 102 Å². The fourth-order valence-electron chi connectivity index (χ4n) is 1.07. The molecule has 0 spiro atoms. The van der Waals surface area contributed by atoms with Gasteiger partial charge < -0.3 is 0 Å². The van der Waals surface area contributed by atoms with E-state index in [9.17, 15) is 0 Å². The van der Waals surface area contributed by atoms with Crippen LogP contribution < -0.4 is 0 Å². The van der Waals surface area contributed by atoms with E-state index >= 15 is 0 Å². The molecular weight excluding hydrogens is 429 g/mol. The predicted molar refractivity (Wildman–Crippen MR) is 100 cm³/mol. The summed E-state index contributed by atoms with van der Waals surface area (Å²) in [7, 11) is 0. The summed E-state index contributed by atoms with van der Waals surface area (Å²) in [6.45, 7) is 0. The van der Waals surface area contributed by atoms with Crippen LogP contribution in [0.15, 0.2) is 0 Å². The number of thioether (sulfide) groups is 2. The fourth-order valence-corrected chi connectivity index (χ4v) is 7.19. The second-order valence-corrected chi connectivity index (χ2v) is 24.7. The molecule has 0 saturated heterocycles. The van der Waals surface area contributed by atoms with Gasteiger partial charge in [-0.3, -0.25) is 0 Å². The monoisotopic (exact) mass is 442 g/mol. The largest absolute Gasteiger partial charge is 0.341 e. The van der Waals surface area contributed by atoms with Crippen molar-refractivity contribution in [3.05, 3.63) is 0 Å². The molecule has 0 aliphatic carbocycles. The van der Waals surface area contributed by atoms with Crippen molar-refractivity contribution in [2.45, 2.75) is 24.9 Å². The molecule has 0 radical (unpaired) electrons. The van der Waals surface area contributed by atoms with Crippen LogP contribution in [0.25, 0.3) is 0 Å². The summed E-state index contributed by atoms with van der Waals surface area (Å²) in [5.41, 5.74) is 0. The molecular formula is C8H16Cl6S2Si2. The van der Waals surface area contributed by atoms with Gasteiger partial charge in [-0.25, -0.2) is 0 Å². The van der Waals surface area contributed by atoms with E-state index in [0.29, 0.717) is 0 Å². The third-order valence-corrected chi connectivity index (χ3v) is 9.51. The Balaban J connectivity index is 3.13. The molecule has 0 rings (SSSR count). The molecule has 0 aliphatic rings. The number of halogens is 6. The Morgan fingerprint density at radius 2 is 0.889 bits per heavy atom. The summed E-state index contributed by atoms with van der Waals surface area (Å²) in [6.07, 6.45) is 1.99. The van der Waals surface area contributed by atoms with E-state index in [1.807, 2.05) is 23.5 Å². The van der Waals surface area contributed by atoms with Crippen LogP contribution in [-0.2, 0) is 0 Å². The molecule has 0 bridgehead atoms. The molecule has 0 nitrogen and oxygen atoms in total. The fraction of sp³-hybridized carbons (Fsp3) is 1.00. The minimum Gasteiger partial charge on any atom is -0.161 e. The van der Waals surface area contributed by atoms with Crippen LogP contribution in [0.4, 0.5) is 0 Å². The lowest BCUT2D eigenvalue weighted by Gasteiger charge is -2.07. The van der Waals surface area contributed by atoms with Crippen molar-refractivity contribution in [2.24, 2.45) is 0 Å². The van der Waals surface area contributed by atoms with Crippen molar-refractivity contribution in [2.75, 3.05) is 23.0 Å². The van der Waals surface area contributed by atoms with E-state index in [4.69, 9.17) is 66.5 Å². The third kappa shape index (κ3) is 18.9. The zero-order chi connectivity index (χ0) is 14.1. The van der Waals surface area contributed by atoms with E-state index in [-0.39, 0.29) is 0 Å². The van der Waals surface area contributed by atoms with Crippen molar-refractivity contribution in [3.8, 4) is 0 Å². The van der Waals surface area contributed by atoms with E-state index in [1.165, 1.54) is 0 Å². The van der Waals surface area contributed by atoms with Gasteiger partial charge in [-0.05, 0) is 36.4 Å². The maximum absolute atomic E-state index is 5.79. The summed E-state index contributed by atoms with van der Waals surface area (Å²) in [4.78, 5) is 0. The zero-order valence-corrected chi connectivity index (χ0v) is 17.9. The Kier molecular flexibility index (Phi) is 13.3. The molecule has 0 N–H and O–H groups in total. The molecule has 0 aromatic rings. The Morgan fingerprint density at radius 1 is 0.556 bits per heavy atom. The second kappa shape index (κ2) is 11.4. The van der Waals surface area contributed by atoms with E-state index < -0.39 is 12.0 Å². The van der Waals surface area contributed by atoms with Gasteiger partial charge in [0.05, 0.1) is 0 Å². The highest BCUT2D eigenvalue weighted by atomic mass is 35.8. The first-order valence-electron chi connectivity index (χ1n) is 5.50. The maximum Gasteiger partial charge on any atom is 0.341 e. The summed E-state index contributed by atoms with van der Waals surface area (Å²) in [5.74, 6) is 4.42. The van der Waals surface area contributed by atoms with Gasteiger partial charge in [0, 0.05) is 11.5 Å². The topological polar surface area (TPSA) is 0 Å². The van der Waals surface area contributed by atoms with Crippen LogP contribution >= 0.6 is 90.0 Å². The normalized spacial score (nSPS) is 13.0. The third-order valence-electron chi connectivity index (χ3n) is 1.87. The Labute approximate surface area is 148 Å². The van der Waals surface area contributed by atoms with Crippen molar-refractivity contribution in [1.29, 1.82) is 0 Å². The smallest absolute Gasteiger partial charge is 0.161 e. The predicted octanol–water partition coefficient (Wildman–Crippen LogP) is 6.54. The van der Waals surface area contributed by atoms with E-state index in [2.05, 4.69) is 0 Å². The summed E-state index contributed by atoms with van der Waals surface area (Å²) < 4.78 is 0. The number of hydrogen-bond acceptors (Lipinski definition) is 2. The molecule has 0 saturated carbocycles. The summed E-state index contributed by atoms with van der Waals surface area (Å²) in [5, 5.41) is 0. The lowest BCUT2D eigenvalue weighted by molar-refractivity contribution is 1.09. The highest BCUT2D eigenvalue weighted by Crippen LogP contribution is 2.28. The van der Waals surface area contributed by atoms with Crippen molar-refractivity contribution < 1.29 is 0 Å². The molecule has 0 fully saturated rings. The standard InChI is InChI=1S/C8H16Cl6S2Si2/c9-17(10,11)7-1-3-15-5-6-16-4-2-8-18(12,13)14/h1-8H2. The van der Waals surface area contributed by atoms with Gasteiger partial charge in [-0.15, -0.1) is 66.5 Å². The second-order valence-electron chi connectivity index (χ2n) is 3.66. The van der Waals surface area contributed by atoms with Crippen molar-refractivity contribution in [1.82, 2.24) is 0 Å². The van der Waals surface area contributed by atoms with Gasteiger partial charge in [0.25, 0.3) is 0 Å². The minimum atomic E-state index is -2.40. The van der Waals surface area contributed by atoms with E-state index in [1.54, 1.807) is 0 Å². The molecule has 0 aromatic carbocycles. The van der Waals surface area contributed by atoms with Gasteiger partial charge in [0.15, 0.2) is 0 Å². The molecule has 110 valence electrons. The van der Waals surface area contributed by atoms with Crippen LogP contribution in [0.1, 0.15) is 12.8 Å². The lowest BCUT2D eigenvalue weighted by atomic mass is 10.6. The van der Waals surface area contributed by atoms with Crippen LogP contribution in [0, 0.1) is 0 Å². The molecule has 0 heterocycles. The lowest BCUT2D eigenvalue weighted by Crippen LogP contribution is -2.08. The molecule has 10 heteroatoms. The molecule has 0 atom stereocenters.